The highest BCUT2D eigenvalue weighted by Gasteiger charge is 2.02. The van der Waals surface area contributed by atoms with Crippen molar-refractivity contribution in [3.8, 4) is 11.8 Å². The molecule has 4 heteroatoms. The third-order valence-corrected chi connectivity index (χ3v) is 1.96. The van der Waals surface area contributed by atoms with E-state index in [2.05, 4.69) is 21.9 Å². The molecule has 0 atom stereocenters. The van der Waals surface area contributed by atoms with E-state index < -0.39 is 0 Å². The number of hydrogen-bond donors (Lipinski definition) is 1. The summed E-state index contributed by atoms with van der Waals surface area (Å²) in [6.07, 6.45) is 0. The van der Waals surface area contributed by atoms with Crippen molar-refractivity contribution in [2.75, 3.05) is 13.7 Å². The second kappa shape index (κ2) is 6.33. The molecule has 0 aliphatic carbocycles. The molecule has 0 aliphatic heterocycles. The van der Waals surface area contributed by atoms with Gasteiger partial charge in [0, 0.05) is 12.5 Å². The first-order chi connectivity index (χ1) is 8.13. The van der Waals surface area contributed by atoms with Gasteiger partial charge in [0.1, 0.15) is 0 Å². The standard InChI is InChI=1S/C13H13NO3/c1-10(15)14-9-3-4-11-5-7-12(8-6-11)13(16)17-2/h5-8H,9H2,1-2H3,(H,14,15). The highest BCUT2D eigenvalue weighted by molar-refractivity contribution is 5.89. The van der Waals surface area contributed by atoms with Gasteiger partial charge in [0.15, 0.2) is 0 Å². The van der Waals surface area contributed by atoms with Gasteiger partial charge >= 0.3 is 5.97 Å². The number of rotatable bonds is 2. The van der Waals surface area contributed by atoms with Crippen LogP contribution in [0.4, 0.5) is 0 Å². The predicted molar refractivity (Wildman–Crippen MR) is 63.3 cm³/mol. The molecule has 0 aliphatic rings. The summed E-state index contributed by atoms with van der Waals surface area (Å²) in [4.78, 5) is 21.7. The zero-order chi connectivity index (χ0) is 12.7. The number of hydrogen-bond acceptors (Lipinski definition) is 3. The molecule has 0 aromatic heterocycles. The Kier molecular flexibility index (Phi) is 4.77. The zero-order valence-corrected chi connectivity index (χ0v) is 9.74. The van der Waals surface area contributed by atoms with Crippen molar-refractivity contribution in [3.63, 3.8) is 0 Å². The third-order valence-electron chi connectivity index (χ3n) is 1.96. The minimum absolute atomic E-state index is 0.111. The van der Waals surface area contributed by atoms with Crippen molar-refractivity contribution in [3.05, 3.63) is 35.4 Å². The maximum Gasteiger partial charge on any atom is 0.337 e. The zero-order valence-electron chi connectivity index (χ0n) is 9.74. The lowest BCUT2D eigenvalue weighted by molar-refractivity contribution is -0.118. The average molecular weight is 231 g/mol. The van der Waals surface area contributed by atoms with E-state index in [1.54, 1.807) is 24.3 Å². The monoisotopic (exact) mass is 231 g/mol. The summed E-state index contributed by atoms with van der Waals surface area (Å²) in [6, 6.07) is 6.75. The van der Waals surface area contributed by atoms with Gasteiger partial charge in [0.05, 0.1) is 19.2 Å². The van der Waals surface area contributed by atoms with Gasteiger partial charge in [-0.1, -0.05) is 11.8 Å². The summed E-state index contributed by atoms with van der Waals surface area (Å²) in [6.45, 7) is 1.75. The lowest BCUT2D eigenvalue weighted by Crippen LogP contribution is -2.19. The topological polar surface area (TPSA) is 55.4 Å². The molecule has 1 aromatic carbocycles. The second-order valence-corrected chi connectivity index (χ2v) is 3.28. The molecular formula is C13H13NO3. The molecule has 1 rings (SSSR count). The van der Waals surface area contributed by atoms with Gasteiger partial charge in [-0.25, -0.2) is 4.79 Å². The van der Waals surface area contributed by atoms with Crippen LogP contribution in [0.15, 0.2) is 24.3 Å². The SMILES string of the molecule is COC(=O)c1ccc(C#CCNC(C)=O)cc1. The quantitative estimate of drug-likeness (QED) is 0.609. The Balaban J connectivity index is 2.62. The van der Waals surface area contributed by atoms with Crippen LogP contribution in [0, 0.1) is 11.8 Å². The van der Waals surface area contributed by atoms with Crippen LogP contribution in [0.3, 0.4) is 0 Å². The van der Waals surface area contributed by atoms with Crippen LogP contribution < -0.4 is 5.32 Å². The van der Waals surface area contributed by atoms with E-state index >= 15 is 0 Å². The first-order valence-corrected chi connectivity index (χ1v) is 5.05. The number of ether oxygens (including phenoxy) is 1. The number of carbonyl (C=O) groups is 2. The fourth-order valence-electron chi connectivity index (χ4n) is 1.12. The van der Waals surface area contributed by atoms with Crippen molar-refractivity contribution in [1.29, 1.82) is 0 Å². The number of esters is 1. The third kappa shape index (κ3) is 4.39. The Hall–Kier alpha value is -2.28. The van der Waals surface area contributed by atoms with E-state index in [1.807, 2.05) is 0 Å². The molecule has 0 spiro atoms. The number of carbonyl (C=O) groups excluding carboxylic acids is 2. The Bertz CT molecular complexity index is 466. The summed E-state index contributed by atoms with van der Waals surface area (Å²) in [5, 5.41) is 2.57. The van der Waals surface area contributed by atoms with Gasteiger partial charge in [-0.15, -0.1) is 0 Å². The summed E-state index contributed by atoms with van der Waals surface area (Å²) in [5.74, 6) is 5.18. The Morgan fingerprint density at radius 3 is 2.47 bits per heavy atom. The minimum Gasteiger partial charge on any atom is -0.465 e. The summed E-state index contributed by atoms with van der Waals surface area (Å²) in [7, 11) is 1.34. The number of methoxy groups -OCH3 is 1. The Morgan fingerprint density at radius 2 is 1.94 bits per heavy atom. The summed E-state index contributed by atoms with van der Waals surface area (Å²) >= 11 is 0. The van der Waals surface area contributed by atoms with Crippen LogP contribution in [-0.4, -0.2) is 25.5 Å². The van der Waals surface area contributed by atoms with Crippen LogP contribution in [0.5, 0.6) is 0 Å². The van der Waals surface area contributed by atoms with Gasteiger partial charge in [-0.2, -0.15) is 0 Å². The van der Waals surface area contributed by atoms with Crippen LogP contribution in [0.25, 0.3) is 0 Å². The van der Waals surface area contributed by atoms with E-state index in [0.29, 0.717) is 12.1 Å². The van der Waals surface area contributed by atoms with E-state index in [9.17, 15) is 9.59 Å². The highest BCUT2D eigenvalue weighted by atomic mass is 16.5. The number of nitrogens with one attached hydrogen (secondary N) is 1. The summed E-state index contributed by atoms with van der Waals surface area (Å²) < 4.78 is 4.58. The summed E-state index contributed by atoms with van der Waals surface area (Å²) in [5.41, 5.74) is 1.27. The smallest absolute Gasteiger partial charge is 0.337 e. The number of amides is 1. The highest BCUT2D eigenvalue weighted by Crippen LogP contribution is 2.04. The molecule has 1 amide bonds. The molecule has 1 N–H and O–H groups in total. The van der Waals surface area contributed by atoms with Gasteiger partial charge in [-0.3, -0.25) is 4.79 Å². The Labute approximate surface area is 100.0 Å². The molecule has 4 nitrogen and oxygen atoms in total. The van der Waals surface area contributed by atoms with Gasteiger partial charge in [0.25, 0.3) is 0 Å². The molecule has 1 aromatic rings. The van der Waals surface area contributed by atoms with Gasteiger partial charge in [-0.05, 0) is 24.3 Å². The lowest BCUT2D eigenvalue weighted by atomic mass is 10.1. The van der Waals surface area contributed by atoms with Crippen LogP contribution >= 0.6 is 0 Å². The van der Waals surface area contributed by atoms with E-state index in [0.717, 1.165) is 5.56 Å². The minimum atomic E-state index is -0.372. The molecule has 0 unspecified atom stereocenters. The van der Waals surface area contributed by atoms with Crippen LogP contribution in [-0.2, 0) is 9.53 Å². The lowest BCUT2D eigenvalue weighted by Gasteiger charge is -1.98. The largest absolute Gasteiger partial charge is 0.465 e. The molecular weight excluding hydrogens is 218 g/mol. The fourth-order valence-corrected chi connectivity index (χ4v) is 1.12. The van der Waals surface area contributed by atoms with Crippen molar-refractivity contribution in [1.82, 2.24) is 5.32 Å². The van der Waals surface area contributed by atoms with Crippen LogP contribution in [0.1, 0.15) is 22.8 Å². The Morgan fingerprint density at radius 1 is 1.29 bits per heavy atom. The van der Waals surface area contributed by atoms with E-state index in [1.165, 1.54) is 14.0 Å². The maximum atomic E-state index is 11.2. The molecule has 0 radical (unpaired) electrons. The molecule has 88 valence electrons. The van der Waals surface area contributed by atoms with E-state index in [-0.39, 0.29) is 11.9 Å². The molecule has 0 bridgehead atoms. The van der Waals surface area contributed by atoms with Gasteiger partial charge in [0.2, 0.25) is 5.91 Å². The average Bonchev–Trinajstić information content (AvgIpc) is 2.34. The molecule has 0 fully saturated rings. The van der Waals surface area contributed by atoms with Crippen molar-refractivity contribution in [2.45, 2.75) is 6.92 Å². The van der Waals surface area contributed by atoms with E-state index in [4.69, 9.17) is 0 Å². The van der Waals surface area contributed by atoms with Crippen molar-refractivity contribution >= 4 is 11.9 Å². The second-order valence-electron chi connectivity index (χ2n) is 3.28. The molecule has 0 saturated carbocycles. The van der Waals surface area contributed by atoms with Crippen molar-refractivity contribution in [2.24, 2.45) is 0 Å². The predicted octanol–water partition coefficient (Wildman–Crippen LogP) is 0.961. The van der Waals surface area contributed by atoms with Crippen LogP contribution in [0.2, 0.25) is 0 Å². The molecule has 0 heterocycles. The maximum absolute atomic E-state index is 11.2. The first kappa shape index (κ1) is 12.8. The fraction of sp³-hybridized carbons (Fsp3) is 0.231. The first-order valence-electron chi connectivity index (χ1n) is 5.05. The number of benzene rings is 1. The normalized spacial score (nSPS) is 8.82. The molecule has 17 heavy (non-hydrogen) atoms. The molecule has 0 saturated heterocycles. The van der Waals surface area contributed by atoms with Gasteiger partial charge < -0.3 is 10.1 Å². The van der Waals surface area contributed by atoms with Crippen molar-refractivity contribution < 1.29 is 14.3 Å².